The lowest BCUT2D eigenvalue weighted by atomic mass is 9.97. The first-order valence-corrected chi connectivity index (χ1v) is 8.96. The number of aliphatic hydroxyl groups is 1. The van der Waals surface area contributed by atoms with Crippen LogP contribution in [0.15, 0.2) is 30.3 Å². The number of aliphatic hydroxyl groups excluding tert-OH is 1. The molecule has 2 rings (SSSR count). The van der Waals surface area contributed by atoms with E-state index in [0.717, 1.165) is 5.56 Å². The second kappa shape index (κ2) is 9.91. The molecule has 142 valence electrons. The smallest absolute Gasteiger partial charge is 0.312 e. The Morgan fingerprint density at radius 1 is 1.19 bits per heavy atom. The van der Waals surface area contributed by atoms with Crippen LogP contribution in [0.5, 0.6) is 0 Å². The van der Waals surface area contributed by atoms with E-state index in [2.05, 4.69) is 0 Å². The van der Waals surface area contributed by atoms with Crippen molar-refractivity contribution in [1.82, 2.24) is 9.80 Å². The fourth-order valence-corrected chi connectivity index (χ4v) is 3.03. The Bertz CT molecular complexity index is 612. The van der Waals surface area contributed by atoms with Crippen molar-refractivity contribution in [1.29, 1.82) is 0 Å². The zero-order valence-corrected chi connectivity index (χ0v) is 15.1. The van der Waals surface area contributed by atoms with Gasteiger partial charge in [0.05, 0.1) is 19.1 Å². The molecule has 1 saturated heterocycles. The number of piperidine rings is 1. The topological polar surface area (TPSA) is 87.2 Å². The highest BCUT2D eigenvalue weighted by molar-refractivity contribution is 6.34. The average molecular weight is 362 g/mol. The standard InChI is InChI=1S/C19H26N2O5/c1-2-26-19(25)16-8-10-20(11-9-16)17(23)18(24)21(12-13-22)14-15-6-4-3-5-7-15/h3-7,16,22H,2,8-14H2,1H3. The van der Waals surface area contributed by atoms with Gasteiger partial charge < -0.3 is 19.6 Å². The van der Waals surface area contributed by atoms with Gasteiger partial charge in [-0.15, -0.1) is 0 Å². The lowest BCUT2D eigenvalue weighted by Crippen LogP contribution is -2.49. The van der Waals surface area contributed by atoms with E-state index in [-0.39, 0.29) is 31.6 Å². The molecule has 0 radical (unpaired) electrons. The zero-order valence-electron chi connectivity index (χ0n) is 15.1. The van der Waals surface area contributed by atoms with Crippen LogP contribution >= 0.6 is 0 Å². The molecule has 26 heavy (non-hydrogen) atoms. The molecular formula is C19H26N2O5. The molecule has 0 unspecified atom stereocenters. The van der Waals surface area contributed by atoms with Gasteiger partial charge in [-0.1, -0.05) is 30.3 Å². The lowest BCUT2D eigenvalue weighted by molar-refractivity contribution is -0.156. The number of hydrogen-bond donors (Lipinski definition) is 1. The summed E-state index contributed by atoms with van der Waals surface area (Å²) < 4.78 is 5.02. The molecular weight excluding hydrogens is 336 g/mol. The number of ether oxygens (including phenoxy) is 1. The van der Waals surface area contributed by atoms with Gasteiger partial charge in [0.2, 0.25) is 0 Å². The van der Waals surface area contributed by atoms with E-state index in [1.54, 1.807) is 6.92 Å². The number of carbonyl (C=O) groups is 3. The molecule has 0 bridgehead atoms. The Hall–Kier alpha value is -2.41. The maximum Gasteiger partial charge on any atom is 0.312 e. The van der Waals surface area contributed by atoms with Gasteiger partial charge in [-0.25, -0.2) is 0 Å². The first kappa shape index (κ1) is 19.9. The molecule has 7 nitrogen and oxygen atoms in total. The molecule has 1 aromatic carbocycles. The highest BCUT2D eigenvalue weighted by Crippen LogP contribution is 2.19. The van der Waals surface area contributed by atoms with E-state index < -0.39 is 11.8 Å². The maximum absolute atomic E-state index is 12.6. The molecule has 1 aromatic rings. The molecule has 1 aliphatic rings. The molecule has 7 heteroatoms. The summed E-state index contributed by atoms with van der Waals surface area (Å²) >= 11 is 0. The molecule has 1 heterocycles. The van der Waals surface area contributed by atoms with Gasteiger partial charge in [0.15, 0.2) is 0 Å². The third kappa shape index (κ3) is 5.29. The SMILES string of the molecule is CCOC(=O)C1CCN(C(=O)C(=O)N(CCO)Cc2ccccc2)CC1. The second-order valence-corrected chi connectivity index (χ2v) is 6.25. The number of carbonyl (C=O) groups excluding carboxylic acids is 3. The van der Waals surface area contributed by atoms with Gasteiger partial charge in [-0.3, -0.25) is 14.4 Å². The predicted octanol–water partition coefficient (Wildman–Crippen LogP) is 0.809. The van der Waals surface area contributed by atoms with Crippen molar-refractivity contribution in [3.05, 3.63) is 35.9 Å². The number of likely N-dealkylation sites (tertiary alicyclic amines) is 1. The quantitative estimate of drug-likeness (QED) is 0.598. The lowest BCUT2D eigenvalue weighted by Gasteiger charge is -2.32. The third-order valence-corrected chi connectivity index (χ3v) is 4.46. The summed E-state index contributed by atoms with van der Waals surface area (Å²) in [5.74, 6) is -1.67. The summed E-state index contributed by atoms with van der Waals surface area (Å²) in [6.45, 7) is 2.96. The van der Waals surface area contributed by atoms with Crippen LogP contribution < -0.4 is 0 Å². The molecule has 1 N–H and O–H groups in total. The normalized spacial score (nSPS) is 14.8. The van der Waals surface area contributed by atoms with Crippen LogP contribution in [0, 0.1) is 5.92 Å². The number of amides is 2. The maximum atomic E-state index is 12.6. The Morgan fingerprint density at radius 3 is 2.42 bits per heavy atom. The number of nitrogens with zero attached hydrogens (tertiary/aromatic N) is 2. The minimum atomic E-state index is -0.627. The minimum absolute atomic E-state index is 0.0960. The van der Waals surface area contributed by atoms with Crippen molar-refractivity contribution in [2.45, 2.75) is 26.3 Å². The van der Waals surface area contributed by atoms with Crippen molar-refractivity contribution in [3.63, 3.8) is 0 Å². The Labute approximate surface area is 153 Å². The van der Waals surface area contributed by atoms with E-state index in [0.29, 0.717) is 32.5 Å². The van der Waals surface area contributed by atoms with E-state index in [1.807, 2.05) is 30.3 Å². The number of benzene rings is 1. The Morgan fingerprint density at radius 2 is 1.85 bits per heavy atom. The highest BCUT2D eigenvalue weighted by Gasteiger charge is 2.32. The summed E-state index contributed by atoms with van der Waals surface area (Å²) in [4.78, 5) is 39.7. The van der Waals surface area contributed by atoms with Gasteiger partial charge in [0.1, 0.15) is 0 Å². The predicted molar refractivity (Wildman–Crippen MR) is 94.9 cm³/mol. The summed E-state index contributed by atoms with van der Waals surface area (Å²) in [6.07, 6.45) is 0.993. The minimum Gasteiger partial charge on any atom is -0.466 e. The van der Waals surface area contributed by atoms with Gasteiger partial charge in [0, 0.05) is 26.2 Å². The monoisotopic (exact) mass is 362 g/mol. The Kier molecular flexibility index (Phi) is 7.59. The van der Waals surface area contributed by atoms with Crippen LogP contribution in [-0.4, -0.2) is 65.5 Å². The number of rotatable bonds is 6. The summed E-state index contributed by atoms with van der Waals surface area (Å²) in [5.41, 5.74) is 0.892. The highest BCUT2D eigenvalue weighted by atomic mass is 16.5. The number of esters is 1. The van der Waals surface area contributed by atoms with Crippen LogP contribution in [-0.2, 0) is 25.7 Å². The molecule has 0 aliphatic carbocycles. The molecule has 0 aromatic heterocycles. The zero-order chi connectivity index (χ0) is 18.9. The van der Waals surface area contributed by atoms with E-state index in [4.69, 9.17) is 4.74 Å². The van der Waals surface area contributed by atoms with Crippen LogP contribution in [0.25, 0.3) is 0 Å². The molecule has 0 atom stereocenters. The van der Waals surface area contributed by atoms with Gasteiger partial charge in [0.25, 0.3) is 0 Å². The first-order chi connectivity index (χ1) is 12.6. The van der Waals surface area contributed by atoms with E-state index >= 15 is 0 Å². The van der Waals surface area contributed by atoms with E-state index in [9.17, 15) is 19.5 Å². The van der Waals surface area contributed by atoms with Crippen molar-refractivity contribution in [2.24, 2.45) is 5.92 Å². The molecule has 2 amide bonds. The third-order valence-electron chi connectivity index (χ3n) is 4.46. The fraction of sp³-hybridized carbons (Fsp3) is 0.526. The Balaban J connectivity index is 1.94. The van der Waals surface area contributed by atoms with Gasteiger partial charge in [-0.2, -0.15) is 0 Å². The molecule has 0 spiro atoms. The van der Waals surface area contributed by atoms with Crippen LogP contribution in [0.1, 0.15) is 25.3 Å². The molecule has 1 fully saturated rings. The van der Waals surface area contributed by atoms with Crippen LogP contribution in [0.2, 0.25) is 0 Å². The largest absolute Gasteiger partial charge is 0.466 e. The van der Waals surface area contributed by atoms with Crippen molar-refractivity contribution in [2.75, 3.05) is 32.8 Å². The summed E-state index contributed by atoms with van der Waals surface area (Å²) in [5, 5.41) is 9.23. The summed E-state index contributed by atoms with van der Waals surface area (Å²) in [7, 11) is 0. The first-order valence-electron chi connectivity index (χ1n) is 8.96. The van der Waals surface area contributed by atoms with E-state index in [1.165, 1.54) is 9.80 Å². The van der Waals surface area contributed by atoms with Gasteiger partial charge >= 0.3 is 17.8 Å². The summed E-state index contributed by atoms with van der Waals surface area (Å²) in [6, 6.07) is 9.33. The fourth-order valence-electron chi connectivity index (χ4n) is 3.03. The van der Waals surface area contributed by atoms with Crippen LogP contribution in [0.3, 0.4) is 0 Å². The van der Waals surface area contributed by atoms with Crippen LogP contribution in [0.4, 0.5) is 0 Å². The molecule has 0 saturated carbocycles. The number of hydrogen-bond acceptors (Lipinski definition) is 5. The van der Waals surface area contributed by atoms with Crippen molar-refractivity contribution in [3.8, 4) is 0 Å². The second-order valence-electron chi connectivity index (χ2n) is 6.25. The van der Waals surface area contributed by atoms with Gasteiger partial charge in [-0.05, 0) is 25.3 Å². The van der Waals surface area contributed by atoms with Crippen molar-refractivity contribution < 1.29 is 24.2 Å². The van der Waals surface area contributed by atoms with Crippen molar-refractivity contribution >= 4 is 17.8 Å². The average Bonchev–Trinajstić information content (AvgIpc) is 2.67. The molecule has 1 aliphatic heterocycles.